The fraction of sp³-hybridized carbons (Fsp3) is 0.429. The second-order valence-electron chi connectivity index (χ2n) is 3.64. The van der Waals surface area contributed by atoms with E-state index in [-0.39, 0.29) is 5.76 Å². The van der Waals surface area contributed by atoms with Crippen LogP contribution in [-0.2, 0) is 6.42 Å². The molecule has 1 rings (SSSR count). The van der Waals surface area contributed by atoms with Crippen LogP contribution in [0.4, 0.5) is 0 Å². The van der Waals surface area contributed by atoms with Gasteiger partial charge in [-0.15, -0.1) is 12.3 Å². The van der Waals surface area contributed by atoms with Crippen molar-refractivity contribution in [1.29, 1.82) is 0 Å². The molecule has 15 heavy (non-hydrogen) atoms. The average molecular weight is 205 g/mol. The molecule has 0 spiro atoms. The Morgan fingerprint density at radius 3 is 2.20 bits per heavy atom. The number of unbranched alkanes of at least 4 members (excludes halogenated alkanes) is 2. The van der Waals surface area contributed by atoms with Crippen molar-refractivity contribution in [3.8, 4) is 0 Å². The predicted octanol–water partition coefficient (Wildman–Crippen LogP) is 3.30. The molecule has 0 unspecified atom stereocenters. The highest BCUT2D eigenvalue weighted by molar-refractivity contribution is 5.14. The lowest BCUT2D eigenvalue weighted by molar-refractivity contribution is -0.300. The zero-order valence-electron chi connectivity index (χ0n) is 9.83. The van der Waals surface area contributed by atoms with Crippen LogP contribution in [0, 0.1) is 0 Å². The van der Waals surface area contributed by atoms with E-state index in [0.717, 1.165) is 0 Å². The van der Waals surface area contributed by atoms with E-state index in [1.54, 1.807) is 0 Å². The fourth-order valence-corrected chi connectivity index (χ4v) is 1.22. The van der Waals surface area contributed by atoms with E-state index >= 15 is 0 Å². The molecule has 0 atom stereocenters. The third-order valence-electron chi connectivity index (χ3n) is 1.91. The molecular weight excluding hydrogens is 184 g/mol. The molecule has 0 heterocycles. The lowest BCUT2D eigenvalue weighted by atomic mass is 10.1. The van der Waals surface area contributed by atoms with Gasteiger partial charge in [0.05, 0.1) is 0 Å². The molecule has 0 aliphatic carbocycles. The van der Waals surface area contributed by atoms with Crippen molar-refractivity contribution in [3.05, 3.63) is 48.2 Å². The van der Waals surface area contributed by atoms with E-state index in [0.29, 0.717) is 0 Å². The molecule has 1 aromatic rings. The Balaban J connectivity index is 0.000000423. The van der Waals surface area contributed by atoms with Crippen molar-refractivity contribution in [2.45, 2.75) is 39.5 Å². The van der Waals surface area contributed by atoms with Gasteiger partial charge < -0.3 is 5.11 Å². The Kier molecular flexibility index (Phi) is 8.55. The highest BCUT2D eigenvalue weighted by atomic mass is 16.3. The Labute approximate surface area is 93.5 Å². The van der Waals surface area contributed by atoms with Gasteiger partial charge in [0, 0.05) is 0 Å². The van der Waals surface area contributed by atoms with Crippen LogP contribution in [-0.4, -0.2) is 0 Å². The van der Waals surface area contributed by atoms with Gasteiger partial charge in [-0.3, -0.25) is 0 Å². The summed E-state index contributed by atoms with van der Waals surface area (Å²) in [6.45, 7) is 6.66. The molecule has 0 aliphatic heterocycles. The highest BCUT2D eigenvalue weighted by Crippen LogP contribution is 2.05. The number of hydrogen-bond donors (Lipinski definition) is 0. The lowest BCUT2D eigenvalue weighted by Crippen LogP contribution is -1.92. The first kappa shape index (κ1) is 13.8. The van der Waals surface area contributed by atoms with Crippen LogP contribution in [0.25, 0.3) is 0 Å². The van der Waals surface area contributed by atoms with Crippen molar-refractivity contribution < 1.29 is 5.11 Å². The highest BCUT2D eigenvalue weighted by Gasteiger charge is 1.89. The third kappa shape index (κ3) is 10.7. The maximum atomic E-state index is 9.33. The molecule has 0 aromatic heterocycles. The van der Waals surface area contributed by atoms with Gasteiger partial charge in [-0.2, -0.15) is 0 Å². The van der Waals surface area contributed by atoms with Crippen molar-refractivity contribution >= 4 is 0 Å². The number of aryl methyl sites for hydroxylation is 1. The van der Waals surface area contributed by atoms with Crippen molar-refractivity contribution in [2.24, 2.45) is 0 Å². The monoisotopic (exact) mass is 205 g/mol. The van der Waals surface area contributed by atoms with Crippen LogP contribution < -0.4 is 5.11 Å². The van der Waals surface area contributed by atoms with Gasteiger partial charge in [0.15, 0.2) is 0 Å². The Morgan fingerprint density at radius 2 is 1.73 bits per heavy atom. The summed E-state index contributed by atoms with van der Waals surface area (Å²) in [6.07, 6.45) is 5.25. The topological polar surface area (TPSA) is 23.1 Å². The van der Waals surface area contributed by atoms with Crippen LogP contribution in [0.5, 0.6) is 0 Å². The van der Waals surface area contributed by atoms with Gasteiger partial charge in [-0.1, -0.05) is 57.0 Å². The first-order valence-corrected chi connectivity index (χ1v) is 5.53. The zero-order chi connectivity index (χ0) is 11.5. The van der Waals surface area contributed by atoms with Gasteiger partial charge in [-0.25, -0.2) is 0 Å². The standard InChI is InChI=1S/C11H16.C3H6O/c1-2-3-5-8-11-9-6-4-7-10-11;1-3(2)4/h4,6-7,9-10H,2-3,5,8H2,1H3;4H,1H2,2H3/p-1. The fourth-order valence-electron chi connectivity index (χ4n) is 1.22. The lowest BCUT2D eigenvalue weighted by Gasteiger charge is -1.98. The van der Waals surface area contributed by atoms with Crippen LogP contribution >= 0.6 is 0 Å². The molecule has 84 valence electrons. The molecule has 0 saturated carbocycles. The summed E-state index contributed by atoms with van der Waals surface area (Å²) in [4.78, 5) is 0. The first-order valence-electron chi connectivity index (χ1n) is 5.53. The van der Waals surface area contributed by atoms with Crippen LogP contribution in [0.1, 0.15) is 38.7 Å². The van der Waals surface area contributed by atoms with Gasteiger partial charge in [-0.05, 0) is 18.4 Å². The summed E-state index contributed by atoms with van der Waals surface area (Å²) < 4.78 is 0. The summed E-state index contributed by atoms with van der Waals surface area (Å²) in [5, 5.41) is 9.33. The molecule has 0 saturated heterocycles. The van der Waals surface area contributed by atoms with E-state index in [4.69, 9.17) is 0 Å². The molecule has 1 aromatic carbocycles. The van der Waals surface area contributed by atoms with E-state index in [9.17, 15) is 5.11 Å². The van der Waals surface area contributed by atoms with Gasteiger partial charge in [0.2, 0.25) is 0 Å². The molecule has 0 radical (unpaired) electrons. The SMILES string of the molecule is C=C(C)[O-].CCCCCc1ccccc1. The Hall–Kier alpha value is -1.24. The minimum Gasteiger partial charge on any atom is -0.876 e. The van der Waals surface area contributed by atoms with Crippen LogP contribution in [0.15, 0.2) is 42.7 Å². The molecule has 1 heteroatoms. The molecular formula is C14H21O-. The average Bonchev–Trinajstić information content (AvgIpc) is 2.19. The summed E-state index contributed by atoms with van der Waals surface area (Å²) in [7, 11) is 0. The zero-order valence-corrected chi connectivity index (χ0v) is 9.83. The van der Waals surface area contributed by atoms with E-state index < -0.39 is 0 Å². The molecule has 0 aliphatic rings. The molecule has 0 amide bonds. The third-order valence-corrected chi connectivity index (χ3v) is 1.91. The minimum absolute atomic E-state index is 0.0833. The van der Waals surface area contributed by atoms with Crippen molar-refractivity contribution in [3.63, 3.8) is 0 Å². The second kappa shape index (κ2) is 9.32. The number of hydrogen-bond acceptors (Lipinski definition) is 1. The summed E-state index contributed by atoms with van der Waals surface area (Å²) in [5.74, 6) is -0.0833. The van der Waals surface area contributed by atoms with Crippen LogP contribution in [0.3, 0.4) is 0 Å². The van der Waals surface area contributed by atoms with E-state index in [2.05, 4.69) is 43.8 Å². The van der Waals surface area contributed by atoms with E-state index in [1.165, 1.54) is 38.2 Å². The molecule has 0 N–H and O–H groups in total. The smallest absolute Gasteiger partial charge is 0.0279 e. The predicted molar refractivity (Wildman–Crippen MR) is 64.5 cm³/mol. The Morgan fingerprint density at radius 1 is 1.20 bits per heavy atom. The largest absolute Gasteiger partial charge is 0.876 e. The quantitative estimate of drug-likeness (QED) is 0.546. The summed E-state index contributed by atoms with van der Waals surface area (Å²) >= 11 is 0. The number of allylic oxidation sites excluding steroid dienone is 1. The second-order valence-corrected chi connectivity index (χ2v) is 3.64. The maximum Gasteiger partial charge on any atom is -0.0279 e. The normalized spacial score (nSPS) is 8.93. The molecule has 1 nitrogen and oxygen atoms in total. The van der Waals surface area contributed by atoms with Crippen molar-refractivity contribution in [2.75, 3.05) is 0 Å². The van der Waals surface area contributed by atoms with Crippen LogP contribution in [0.2, 0.25) is 0 Å². The van der Waals surface area contributed by atoms with Gasteiger partial charge in [0.1, 0.15) is 0 Å². The first-order chi connectivity index (χ1) is 7.16. The summed E-state index contributed by atoms with van der Waals surface area (Å²) in [5.41, 5.74) is 1.47. The minimum atomic E-state index is -0.0833. The van der Waals surface area contributed by atoms with E-state index in [1.807, 2.05) is 0 Å². The van der Waals surface area contributed by atoms with Gasteiger partial charge >= 0.3 is 0 Å². The summed E-state index contributed by atoms with van der Waals surface area (Å²) in [6, 6.07) is 10.7. The Bertz CT molecular complexity index is 247. The number of rotatable bonds is 4. The molecule has 0 fully saturated rings. The maximum absolute atomic E-state index is 9.33. The molecule has 0 bridgehead atoms. The van der Waals surface area contributed by atoms with Gasteiger partial charge in [0.25, 0.3) is 0 Å². The van der Waals surface area contributed by atoms with Crippen molar-refractivity contribution in [1.82, 2.24) is 0 Å². The number of benzene rings is 1.